The topological polar surface area (TPSA) is 66.6 Å². The van der Waals surface area contributed by atoms with Crippen molar-refractivity contribution in [3.05, 3.63) is 41.5 Å². The Morgan fingerprint density at radius 2 is 1.03 bits per heavy atom. The van der Waals surface area contributed by atoms with Crippen LogP contribution in [0.3, 0.4) is 0 Å². The number of hydrogen-bond acceptors (Lipinski definition) is 6. The first-order valence-electron chi connectivity index (χ1n) is 10.3. The van der Waals surface area contributed by atoms with Crippen LogP contribution in [0.5, 0.6) is 17.2 Å². The highest BCUT2D eigenvalue weighted by Crippen LogP contribution is 2.41. The van der Waals surface area contributed by atoms with Gasteiger partial charge in [-0.25, -0.2) is 0 Å². The van der Waals surface area contributed by atoms with Gasteiger partial charge in [0.1, 0.15) is 0 Å². The maximum Gasteiger partial charge on any atom is 0.248 e. The summed E-state index contributed by atoms with van der Waals surface area (Å²) in [5.41, 5.74) is 4.04. The summed E-state index contributed by atoms with van der Waals surface area (Å²) in [4.78, 5) is 0. The smallest absolute Gasteiger partial charge is 0.248 e. The molecule has 0 radical (unpaired) electrons. The Balaban J connectivity index is 2.11. The van der Waals surface area contributed by atoms with Gasteiger partial charge in [-0.05, 0) is 46.2 Å². The lowest BCUT2D eigenvalue weighted by atomic mass is 9.79. The van der Waals surface area contributed by atoms with E-state index in [-0.39, 0.29) is 10.8 Å². The molecule has 0 fully saturated rings. The highest BCUT2D eigenvalue weighted by Gasteiger charge is 2.23. The molecular weight excluding hydrogens is 392 g/mol. The molecule has 0 aliphatic rings. The third-order valence-corrected chi connectivity index (χ3v) is 5.25. The summed E-state index contributed by atoms with van der Waals surface area (Å²) in [6.07, 6.45) is 0. The van der Waals surface area contributed by atoms with Gasteiger partial charge in [0.25, 0.3) is 0 Å². The Morgan fingerprint density at radius 3 is 1.39 bits per heavy atom. The molecule has 0 bridgehead atoms. The first kappa shape index (κ1) is 22.7. The van der Waals surface area contributed by atoms with E-state index in [1.807, 2.05) is 0 Å². The summed E-state index contributed by atoms with van der Waals surface area (Å²) in [6, 6.07) is 10.1. The number of benzene rings is 2. The Morgan fingerprint density at radius 1 is 0.613 bits per heavy atom. The second kappa shape index (κ2) is 8.25. The zero-order valence-electron chi connectivity index (χ0n) is 19.9. The largest absolute Gasteiger partial charge is 0.493 e. The van der Waals surface area contributed by atoms with Gasteiger partial charge in [-0.1, -0.05) is 47.6 Å². The summed E-state index contributed by atoms with van der Waals surface area (Å²) >= 11 is 0. The maximum atomic E-state index is 6.09. The van der Waals surface area contributed by atoms with E-state index in [1.54, 1.807) is 33.5 Å². The highest BCUT2D eigenvalue weighted by atomic mass is 16.5. The van der Waals surface area contributed by atoms with Gasteiger partial charge in [0.15, 0.2) is 11.5 Å². The molecular formula is C25H32N2O4. The Labute approximate surface area is 184 Å². The van der Waals surface area contributed by atoms with Crippen molar-refractivity contribution < 1.29 is 18.6 Å². The third-order valence-electron chi connectivity index (χ3n) is 5.25. The number of rotatable bonds is 5. The molecule has 6 nitrogen and oxygen atoms in total. The minimum Gasteiger partial charge on any atom is -0.493 e. The van der Waals surface area contributed by atoms with Crippen molar-refractivity contribution in [2.75, 3.05) is 21.3 Å². The average molecular weight is 425 g/mol. The molecule has 1 aromatic heterocycles. The van der Waals surface area contributed by atoms with E-state index < -0.39 is 0 Å². The monoisotopic (exact) mass is 424 g/mol. The van der Waals surface area contributed by atoms with Crippen molar-refractivity contribution in [2.45, 2.75) is 52.4 Å². The van der Waals surface area contributed by atoms with Crippen molar-refractivity contribution in [1.82, 2.24) is 10.2 Å². The summed E-state index contributed by atoms with van der Waals surface area (Å²) in [6.45, 7) is 13.2. The Hall–Kier alpha value is -3.02. The van der Waals surface area contributed by atoms with Crippen LogP contribution < -0.4 is 14.2 Å². The van der Waals surface area contributed by atoms with E-state index in [0.717, 1.165) is 5.56 Å². The van der Waals surface area contributed by atoms with Crippen LogP contribution in [0.1, 0.15) is 52.7 Å². The predicted molar refractivity (Wildman–Crippen MR) is 122 cm³/mol. The van der Waals surface area contributed by atoms with Crippen LogP contribution in [0.4, 0.5) is 0 Å². The number of methoxy groups -OCH3 is 3. The van der Waals surface area contributed by atoms with Crippen molar-refractivity contribution in [1.29, 1.82) is 0 Å². The molecule has 3 aromatic rings. The highest BCUT2D eigenvalue weighted by molar-refractivity contribution is 5.67. The zero-order valence-corrected chi connectivity index (χ0v) is 19.9. The van der Waals surface area contributed by atoms with Gasteiger partial charge in [-0.3, -0.25) is 0 Å². The van der Waals surface area contributed by atoms with Crippen molar-refractivity contribution in [3.63, 3.8) is 0 Å². The van der Waals surface area contributed by atoms with Crippen LogP contribution in [0.15, 0.2) is 34.7 Å². The lowest BCUT2D eigenvalue weighted by molar-refractivity contribution is 0.324. The quantitative estimate of drug-likeness (QED) is 0.499. The Kier molecular flexibility index (Phi) is 6.03. The van der Waals surface area contributed by atoms with E-state index >= 15 is 0 Å². The molecule has 1 heterocycles. The zero-order chi connectivity index (χ0) is 23.0. The van der Waals surface area contributed by atoms with Gasteiger partial charge in [0.2, 0.25) is 17.5 Å². The summed E-state index contributed by atoms with van der Waals surface area (Å²) in [5, 5.41) is 8.62. The molecule has 0 atom stereocenters. The molecule has 0 spiro atoms. The lowest BCUT2D eigenvalue weighted by Crippen LogP contribution is -2.16. The average Bonchev–Trinajstić information content (AvgIpc) is 3.21. The molecule has 0 amide bonds. The molecule has 0 unspecified atom stereocenters. The molecule has 31 heavy (non-hydrogen) atoms. The third kappa shape index (κ3) is 4.68. The van der Waals surface area contributed by atoms with E-state index in [9.17, 15) is 0 Å². The summed E-state index contributed by atoms with van der Waals surface area (Å²) in [5.74, 6) is 2.43. The number of aromatic nitrogens is 2. The van der Waals surface area contributed by atoms with Gasteiger partial charge in [-0.2, -0.15) is 0 Å². The molecule has 0 N–H and O–H groups in total. The number of hydrogen-bond donors (Lipinski definition) is 0. The maximum absolute atomic E-state index is 6.09. The first-order valence-corrected chi connectivity index (χ1v) is 10.3. The van der Waals surface area contributed by atoms with Crippen LogP contribution in [0.2, 0.25) is 0 Å². The number of ether oxygens (including phenoxy) is 3. The van der Waals surface area contributed by atoms with Gasteiger partial charge in [-0.15, -0.1) is 10.2 Å². The van der Waals surface area contributed by atoms with Gasteiger partial charge < -0.3 is 18.6 Å². The minimum atomic E-state index is -0.00439. The lowest BCUT2D eigenvalue weighted by Gasteiger charge is -2.25. The minimum absolute atomic E-state index is 0.00439. The van der Waals surface area contributed by atoms with E-state index in [0.29, 0.717) is 34.6 Å². The second-order valence-electron chi connectivity index (χ2n) is 9.63. The molecule has 0 saturated heterocycles. The molecule has 2 aromatic carbocycles. The van der Waals surface area contributed by atoms with Crippen molar-refractivity contribution >= 4 is 0 Å². The Bertz CT molecular complexity index is 1010. The summed E-state index contributed by atoms with van der Waals surface area (Å²) in [7, 11) is 4.72. The first-order chi connectivity index (χ1) is 14.5. The van der Waals surface area contributed by atoms with E-state index in [1.165, 1.54) is 11.1 Å². The van der Waals surface area contributed by atoms with Crippen molar-refractivity contribution in [2.24, 2.45) is 0 Å². The second-order valence-corrected chi connectivity index (χ2v) is 9.63. The number of nitrogens with zero attached hydrogens (tertiary/aromatic N) is 2. The van der Waals surface area contributed by atoms with Crippen molar-refractivity contribution in [3.8, 4) is 40.2 Å². The van der Waals surface area contributed by atoms with E-state index in [4.69, 9.17) is 18.6 Å². The molecule has 0 saturated carbocycles. The van der Waals surface area contributed by atoms with Crippen LogP contribution >= 0.6 is 0 Å². The molecule has 6 heteroatoms. The standard InChI is InChI=1S/C25H32N2O4/c1-24(2,3)17-10-15(11-18(14-17)25(4,5)6)22-26-27-23(31-22)16-12-19(28-7)21(30-9)20(13-16)29-8/h10-14H,1-9H3. The molecule has 0 aliphatic carbocycles. The van der Waals surface area contributed by atoms with E-state index in [2.05, 4.69) is 69.9 Å². The predicted octanol–water partition coefficient (Wildman–Crippen LogP) is 6.02. The fraction of sp³-hybridized carbons (Fsp3) is 0.440. The van der Waals surface area contributed by atoms with Crippen LogP contribution in [0, 0.1) is 0 Å². The van der Waals surface area contributed by atoms with Gasteiger partial charge in [0, 0.05) is 11.1 Å². The fourth-order valence-electron chi connectivity index (χ4n) is 3.28. The fourth-order valence-corrected chi connectivity index (χ4v) is 3.28. The van der Waals surface area contributed by atoms with Gasteiger partial charge in [0.05, 0.1) is 21.3 Å². The molecule has 166 valence electrons. The van der Waals surface area contributed by atoms with Crippen LogP contribution in [-0.4, -0.2) is 31.5 Å². The van der Waals surface area contributed by atoms with Gasteiger partial charge >= 0.3 is 0 Å². The summed E-state index contributed by atoms with van der Waals surface area (Å²) < 4.78 is 22.4. The van der Waals surface area contributed by atoms with Crippen LogP contribution in [-0.2, 0) is 10.8 Å². The SMILES string of the molecule is COc1cc(-c2nnc(-c3cc(C(C)(C)C)cc(C(C)(C)C)c3)o2)cc(OC)c1OC. The molecule has 0 aliphatic heterocycles. The van der Waals surface area contributed by atoms with Crippen LogP contribution in [0.25, 0.3) is 22.9 Å². The normalized spacial score (nSPS) is 12.0. The molecule has 3 rings (SSSR count).